The number of amides is 5. The first-order valence-electron chi connectivity index (χ1n) is 13.5. The SMILES string of the molecule is CCC(C)C(NC(=O)C(CC(C)C)NC(=O)O)C(=O)C(=O)NCC(=O)NC(Cc1ccc2ccccc2c1)C(N)=O. The van der Waals surface area contributed by atoms with E-state index in [2.05, 4.69) is 21.3 Å². The van der Waals surface area contributed by atoms with Gasteiger partial charge in [0.05, 0.1) is 12.6 Å². The zero-order chi connectivity index (χ0) is 30.7. The van der Waals surface area contributed by atoms with Crippen LogP contribution in [0.1, 0.15) is 46.1 Å². The van der Waals surface area contributed by atoms with E-state index >= 15 is 0 Å². The first-order valence-corrected chi connectivity index (χ1v) is 13.5. The molecule has 5 amide bonds. The second kappa shape index (κ2) is 15.3. The van der Waals surface area contributed by atoms with Crippen LogP contribution in [0.2, 0.25) is 0 Å². The van der Waals surface area contributed by atoms with E-state index in [9.17, 15) is 28.8 Å². The van der Waals surface area contributed by atoms with Crippen molar-refractivity contribution in [3.05, 3.63) is 48.0 Å². The molecule has 0 heterocycles. The maximum atomic E-state index is 13.0. The van der Waals surface area contributed by atoms with Crippen LogP contribution in [0.3, 0.4) is 0 Å². The quantitative estimate of drug-likeness (QED) is 0.173. The Morgan fingerprint density at radius 2 is 1.54 bits per heavy atom. The van der Waals surface area contributed by atoms with E-state index in [1.807, 2.05) is 56.3 Å². The zero-order valence-electron chi connectivity index (χ0n) is 23.7. The molecule has 0 aliphatic carbocycles. The highest BCUT2D eigenvalue weighted by molar-refractivity contribution is 6.38. The van der Waals surface area contributed by atoms with Crippen molar-refractivity contribution in [2.75, 3.05) is 6.54 Å². The Morgan fingerprint density at radius 1 is 0.878 bits per heavy atom. The summed E-state index contributed by atoms with van der Waals surface area (Å²) < 4.78 is 0. The molecule has 0 saturated carbocycles. The number of carbonyl (C=O) groups excluding carboxylic acids is 5. The first kappa shape index (κ1) is 32.7. The van der Waals surface area contributed by atoms with Crippen molar-refractivity contribution in [3.8, 4) is 0 Å². The molecule has 12 heteroatoms. The molecule has 0 aliphatic rings. The summed E-state index contributed by atoms with van der Waals surface area (Å²) in [5.74, 6) is -4.81. The van der Waals surface area contributed by atoms with Gasteiger partial charge in [0.15, 0.2) is 0 Å². The molecular weight excluding hydrogens is 530 g/mol. The van der Waals surface area contributed by atoms with Gasteiger partial charge in [-0.2, -0.15) is 0 Å². The number of rotatable bonds is 15. The molecule has 2 rings (SSSR count). The van der Waals surface area contributed by atoms with Gasteiger partial charge >= 0.3 is 6.09 Å². The minimum atomic E-state index is -1.39. The second-order valence-corrected chi connectivity index (χ2v) is 10.5. The average molecular weight is 570 g/mol. The molecule has 0 bridgehead atoms. The van der Waals surface area contributed by atoms with Crippen LogP contribution in [0.4, 0.5) is 4.79 Å². The van der Waals surface area contributed by atoms with Gasteiger partial charge in [0.2, 0.25) is 23.5 Å². The lowest BCUT2D eigenvalue weighted by Gasteiger charge is -2.26. The average Bonchev–Trinajstić information content (AvgIpc) is 2.92. The molecule has 7 N–H and O–H groups in total. The van der Waals surface area contributed by atoms with E-state index in [1.54, 1.807) is 13.8 Å². The van der Waals surface area contributed by atoms with Gasteiger partial charge < -0.3 is 32.1 Å². The van der Waals surface area contributed by atoms with Gasteiger partial charge in [0, 0.05) is 6.42 Å². The van der Waals surface area contributed by atoms with Crippen molar-refractivity contribution in [1.82, 2.24) is 21.3 Å². The van der Waals surface area contributed by atoms with Crippen LogP contribution in [0.5, 0.6) is 0 Å². The summed E-state index contributed by atoms with van der Waals surface area (Å²) in [4.78, 5) is 74.2. The number of hydrogen-bond acceptors (Lipinski definition) is 6. The zero-order valence-corrected chi connectivity index (χ0v) is 23.7. The molecule has 2 aromatic carbocycles. The van der Waals surface area contributed by atoms with Gasteiger partial charge in [-0.1, -0.05) is 76.6 Å². The Kier molecular flexibility index (Phi) is 12.2. The van der Waals surface area contributed by atoms with Crippen molar-refractivity contribution in [2.45, 2.75) is 65.1 Å². The molecule has 0 saturated heterocycles. The molecule has 41 heavy (non-hydrogen) atoms. The molecule has 4 atom stereocenters. The van der Waals surface area contributed by atoms with Crippen LogP contribution in [-0.2, 0) is 30.4 Å². The summed E-state index contributed by atoms with van der Waals surface area (Å²) in [7, 11) is 0. The topological polar surface area (TPSA) is 197 Å². The Hall–Kier alpha value is -4.48. The van der Waals surface area contributed by atoms with Gasteiger partial charge in [-0.05, 0) is 34.6 Å². The highest BCUT2D eigenvalue weighted by atomic mass is 16.4. The molecule has 222 valence electrons. The summed E-state index contributed by atoms with van der Waals surface area (Å²) in [6.45, 7) is 6.44. The fourth-order valence-corrected chi connectivity index (χ4v) is 4.27. The summed E-state index contributed by atoms with van der Waals surface area (Å²) in [5, 5.41) is 20.4. The van der Waals surface area contributed by atoms with Crippen LogP contribution in [0.15, 0.2) is 42.5 Å². The third kappa shape index (κ3) is 10.2. The largest absolute Gasteiger partial charge is 0.465 e. The van der Waals surface area contributed by atoms with Crippen LogP contribution >= 0.6 is 0 Å². The van der Waals surface area contributed by atoms with E-state index in [0.717, 1.165) is 16.3 Å². The number of carboxylic acid groups (broad SMARTS) is 1. The van der Waals surface area contributed by atoms with Crippen LogP contribution < -0.4 is 27.0 Å². The Bertz CT molecular complexity index is 1280. The molecule has 0 aliphatic heterocycles. The highest BCUT2D eigenvalue weighted by Crippen LogP contribution is 2.17. The maximum absolute atomic E-state index is 13.0. The number of nitrogens with one attached hydrogen (secondary N) is 4. The van der Waals surface area contributed by atoms with E-state index in [-0.39, 0.29) is 18.8 Å². The molecule has 0 spiro atoms. The first-order chi connectivity index (χ1) is 19.3. The van der Waals surface area contributed by atoms with Crippen molar-refractivity contribution < 1.29 is 33.9 Å². The maximum Gasteiger partial charge on any atom is 0.405 e. The molecule has 0 fully saturated rings. The number of benzene rings is 2. The minimum Gasteiger partial charge on any atom is -0.465 e. The molecule has 0 aromatic heterocycles. The molecule has 0 radical (unpaired) electrons. The van der Waals surface area contributed by atoms with Crippen molar-refractivity contribution >= 4 is 46.3 Å². The highest BCUT2D eigenvalue weighted by Gasteiger charge is 2.33. The molecular formula is C29H39N5O7. The van der Waals surface area contributed by atoms with Gasteiger partial charge in [-0.3, -0.25) is 24.0 Å². The van der Waals surface area contributed by atoms with E-state index in [4.69, 9.17) is 10.8 Å². The minimum absolute atomic E-state index is 0.0253. The van der Waals surface area contributed by atoms with Gasteiger partial charge in [0.25, 0.3) is 5.91 Å². The van der Waals surface area contributed by atoms with E-state index < -0.39 is 66.1 Å². The monoisotopic (exact) mass is 569 g/mol. The molecule has 2 aromatic rings. The van der Waals surface area contributed by atoms with Crippen LogP contribution in [-0.4, -0.2) is 65.3 Å². The third-order valence-electron chi connectivity index (χ3n) is 6.68. The third-order valence-corrected chi connectivity index (χ3v) is 6.68. The predicted octanol–water partition coefficient (Wildman–Crippen LogP) is 1.25. The van der Waals surface area contributed by atoms with Gasteiger partial charge in [0.1, 0.15) is 12.1 Å². The number of ketones is 1. The van der Waals surface area contributed by atoms with Gasteiger partial charge in [-0.15, -0.1) is 0 Å². The number of nitrogens with two attached hydrogens (primary N) is 1. The Morgan fingerprint density at radius 3 is 2.12 bits per heavy atom. The standard InChI is InChI=1S/C29H39N5O7/c1-5-17(4)24(34-27(38)22(12-16(2)3)33-29(40)41)25(36)28(39)31-15-23(35)32-21(26(30)37)14-18-10-11-19-8-6-7-9-20(19)13-18/h6-11,13,16-17,21-22,24,33H,5,12,14-15H2,1-4H3,(H2,30,37)(H,31,39)(H,32,35)(H,34,38)(H,40,41). The normalized spacial score (nSPS) is 13.9. The molecule has 12 nitrogen and oxygen atoms in total. The summed E-state index contributed by atoms with van der Waals surface area (Å²) in [5.41, 5.74) is 6.26. The number of hydrogen-bond donors (Lipinski definition) is 6. The predicted molar refractivity (Wildman–Crippen MR) is 153 cm³/mol. The lowest BCUT2D eigenvalue weighted by atomic mass is 9.94. The summed E-state index contributed by atoms with van der Waals surface area (Å²) in [6, 6.07) is 9.86. The van der Waals surface area contributed by atoms with E-state index in [0.29, 0.717) is 6.42 Å². The number of carbonyl (C=O) groups is 6. The Balaban J connectivity index is 2.02. The van der Waals surface area contributed by atoms with Gasteiger partial charge in [-0.25, -0.2) is 4.79 Å². The van der Waals surface area contributed by atoms with Crippen LogP contribution in [0, 0.1) is 11.8 Å². The Labute approximate surface area is 238 Å². The number of Topliss-reactive ketones (excluding diaryl/α,β-unsaturated/α-hetero) is 1. The lowest BCUT2D eigenvalue weighted by molar-refractivity contribution is -0.141. The lowest BCUT2D eigenvalue weighted by Crippen LogP contribution is -2.56. The fraction of sp³-hybridized carbons (Fsp3) is 0.448. The smallest absolute Gasteiger partial charge is 0.405 e. The summed E-state index contributed by atoms with van der Waals surface area (Å²) >= 11 is 0. The van der Waals surface area contributed by atoms with Crippen LogP contribution in [0.25, 0.3) is 10.8 Å². The van der Waals surface area contributed by atoms with Crippen molar-refractivity contribution in [1.29, 1.82) is 0 Å². The molecule has 4 unspecified atom stereocenters. The second-order valence-electron chi connectivity index (χ2n) is 10.5. The summed E-state index contributed by atoms with van der Waals surface area (Å²) in [6.07, 6.45) is -0.647. The number of fused-ring (bicyclic) bond motifs is 1. The fourth-order valence-electron chi connectivity index (χ4n) is 4.27. The van der Waals surface area contributed by atoms with Crippen molar-refractivity contribution in [2.24, 2.45) is 17.6 Å². The van der Waals surface area contributed by atoms with E-state index in [1.165, 1.54) is 0 Å². The number of primary amides is 1. The van der Waals surface area contributed by atoms with Crippen molar-refractivity contribution in [3.63, 3.8) is 0 Å².